The van der Waals surface area contributed by atoms with Crippen LogP contribution in [0.4, 0.5) is 0 Å². The number of carbonyl (C=O) groups excluding carboxylic acids is 1. The Kier molecular flexibility index (Phi) is 15.3. The maximum Gasteiger partial charge on any atom is 1.00 e. The van der Waals surface area contributed by atoms with E-state index in [0.29, 0.717) is 57.8 Å². The van der Waals surface area contributed by atoms with Crippen LogP contribution in [-0.4, -0.2) is 97.7 Å². The Morgan fingerprint density at radius 2 is 1.56 bits per heavy atom. The Morgan fingerprint density at radius 3 is 2.15 bits per heavy atom. The molecule has 0 saturated carbocycles. The van der Waals surface area contributed by atoms with Crippen LogP contribution in [0.3, 0.4) is 0 Å². The van der Waals surface area contributed by atoms with Crippen LogP contribution in [0.25, 0.3) is 0 Å². The minimum absolute atomic E-state index is 0. The largest absolute Gasteiger partial charge is 1.00 e. The number of Topliss-reactive ketones (excluding diaryl/α,β-unsaturated/α-hetero) is 1. The number of carboxylic acid groups (broad SMARTS) is 1. The fraction of sp³-hybridized carbons (Fsp3) is 0.905. The van der Waals surface area contributed by atoms with E-state index >= 15 is 0 Å². The number of ketones is 1. The second-order valence-corrected chi connectivity index (χ2v) is 17.9. The summed E-state index contributed by atoms with van der Waals surface area (Å²) in [6.07, 6.45) is 5.51. The van der Waals surface area contributed by atoms with Gasteiger partial charge in [0.15, 0.2) is 5.79 Å². The molecule has 0 aromatic rings. The van der Waals surface area contributed by atoms with Gasteiger partial charge in [-0.1, -0.05) is 55.4 Å². The number of carbonyl (C=O) groups is 2. The molecule has 4 saturated heterocycles. The van der Waals surface area contributed by atoms with Crippen LogP contribution in [-0.2, 0) is 33.3 Å². The van der Waals surface area contributed by atoms with Gasteiger partial charge in [-0.25, -0.2) is 0 Å². The van der Waals surface area contributed by atoms with E-state index in [1.165, 1.54) is 0 Å². The number of ether oxygens (including phenoxy) is 5. The molecule has 0 radical (unpaired) electrons. The molecular weight excluding hydrogens is 703 g/mol. The van der Waals surface area contributed by atoms with E-state index in [1.807, 2.05) is 41.5 Å². The minimum Gasteiger partial charge on any atom is -0.481 e. The molecule has 12 heteroatoms. The molecule has 11 nitrogen and oxygen atoms in total. The number of hydrogen-bond donors (Lipinski definition) is 4. The molecule has 4 fully saturated rings. The fourth-order valence-electron chi connectivity index (χ4n) is 10.5. The zero-order chi connectivity index (χ0) is 39.3. The van der Waals surface area contributed by atoms with E-state index in [2.05, 4.69) is 20.8 Å². The molecule has 2 spiro atoms. The fourth-order valence-corrected chi connectivity index (χ4v) is 10.5. The Morgan fingerprint density at radius 1 is 0.889 bits per heavy atom. The van der Waals surface area contributed by atoms with E-state index in [1.54, 1.807) is 19.1 Å². The van der Waals surface area contributed by atoms with Crippen LogP contribution >= 0.6 is 0 Å². The normalized spacial score (nSPS) is 45.3. The molecule has 0 aliphatic carbocycles. The average Bonchev–Trinajstić information content (AvgIpc) is 3.47. The van der Waals surface area contributed by atoms with Crippen molar-refractivity contribution in [3.8, 4) is 0 Å². The maximum absolute atomic E-state index is 14.4. The monoisotopic (exact) mass is 773 g/mol. The Balaban J connectivity index is 0.00000650. The van der Waals surface area contributed by atoms with Crippen molar-refractivity contribution in [3.05, 3.63) is 12.2 Å². The molecule has 1 unspecified atom stereocenters. The predicted octanol–water partition coefficient (Wildman–Crippen LogP) is 3.19. The summed E-state index contributed by atoms with van der Waals surface area (Å²) in [4.78, 5) is 26.4. The second kappa shape index (κ2) is 17.8. The quantitative estimate of drug-likeness (QED) is 0.170. The van der Waals surface area contributed by atoms with E-state index in [-0.39, 0.29) is 71.4 Å². The second-order valence-electron chi connectivity index (χ2n) is 17.9. The molecule has 5 aliphatic heterocycles. The molecule has 0 bridgehead atoms. The number of aliphatic hydroxyl groups excluding tert-OH is 2. The molecule has 0 aromatic heterocycles. The number of carboxylic acids is 1. The van der Waals surface area contributed by atoms with Gasteiger partial charge in [-0.05, 0) is 95.6 Å². The summed E-state index contributed by atoms with van der Waals surface area (Å²) < 4.78 is 33.5. The summed E-state index contributed by atoms with van der Waals surface area (Å²) in [5.74, 6) is -5.78. The van der Waals surface area contributed by atoms with Gasteiger partial charge < -0.3 is 44.1 Å². The van der Waals surface area contributed by atoms with E-state index in [0.717, 1.165) is 6.42 Å². The van der Waals surface area contributed by atoms with Crippen molar-refractivity contribution >= 4 is 11.8 Å². The van der Waals surface area contributed by atoms with Gasteiger partial charge in [0.1, 0.15) is 11.9 Å². The van der Waals surface area contributed by atoms with Crippen molar-refractivity contribution in [1.82, 2.24) is 0 Å². The zero-order valence-electron chi connectivity index (χ0n) is 35.0. The SMILES string of the molecule is CC[C@@H](C(=O)[C@@H](C)[C@@H](O)[C@H](C)[C@@H]1O[C@@H]([C@@H](CC)C(=O)O)CC[C@@H]1C)[C@H]1OC2(C=C[C@@H](O)[C@]3(CC[C@@](C)([C@H]4CC[C@](O)(CC)[C@H](C)O4)O3)O2)[C@H](C)C[C@@H]1C.[Na+]. The molecule has 18 atom stereocenters. The third kappa shape index (κ3) is 8.63. The Bertz CT molecular complexity index is 1330. The molecule has 0 aromatic carbocycles. The first kappa shape index (κ1) is 46.3. The third-order valence-corrected chi connectivity index (χ3v) is 14.4. The van der Waals surface area contributed by atoms with E-state index in [9.17, 15) is 30.0 Å². The van der Waals surface area contributed by atoms with Crippen LogP contribution in [0.15, 0.2) is 12.2 Å². The molecule has 5 rings (SSSR count). The summed E-state index contributed by atoms with van der Waals surface area (Å²) in [7, 11) is 0. The summed E-state index contributed by atoms with van der Waals surface area (Å²) in [6.45, 7) is 19.6. The van der Waals surface area contributed by atoms with Gasteiger partial charge in [-0.15, -0.1) is 0 Å². The van der Waals surface area contributed by atoms with Crippen molar-refractivity contribution in [2.75, 3.05) is 0 Å². The third-order valence-electron chi connectivity index (χ3n) is 14.4. The smallest absolute Gasteiger partial charge is 0.481 e. The first-order chi connectivity index (χ1) is 24.8. The van der Waals surface area contributed by atoms with Gasteiger partial charge in [-0.2, -0.15) is 0 Å². The molecular formula is C42H70NaO11+. The minimum atomic E-state index is -1.37. The van der Waals surface area contributed by atoms with E-state index in [4.69, 9.17) is 23.7 Å². The Hall–Kier alpha value is -0.440. The molecule has 5 aliphatic rings. The number of aliphatic hydroxyl groups is 3. The van der Waals surface area contributed by atoms with Crippen molar-refractivity contribution < 1.29 is 83.3 Å². The molecule has 54 heavy (non-hydrogen) atoms. The maximum atomic E-state index is 14.4. The van der Waals surface area contributed by atoms with Gasteiger partial charge in [0.05, 0.1) is 53.7 Å². The number of hydrogen-bond acceptors (Lipinski definition) is 10. The first-order valence-corrected chi connectivity index (χ1v) is 20.7. The molecule has 304 valence electrons. The van der Waals surface area contributed by atoms with Crippen molar-refractivity contribution in [1.29, 1.82) is 0 Å². The van der Waals surface area contributed by atoms with Gasteiger partial charge >= 0.3 is 35.5 Å². The molecule has 4 N–H and O–H groups in total. The van der Waals surface area contributed by atoms with Crippen molar-refractivity contribution in [3.63, 3.8) is 0 Å². The van der Waals surface area contributed by atoms with Gasteiger partial charge in [0, 0.05) is 30.1 Å². The van der Waals surface area contributed by atoms with Crippen LogP contribution < -0.4 is 29.6 Å². The van der Waals surface area contributed by atoms with Gasteiger partial charge in [0.25, 0.3) is 0 Å². The van der Waals surface area contributed by atoms with Crippen LogP contribution in [0.1, 0.15) is 133 Å². The van der Waals surface area contributed by atoms with Gasteiger partial charge in [-0.3, -0.25) is 9.59 Å². The van der Waals surface area contributed by atoms with Crippen molar-refractivity contribution in [2.45, 2.75) is 199 Å². The van der Waals surface area contributed by atoms with Crippen LogP contribution in [0.5, 0.6) is 0 Å². The topological polar surface area (TPSA) is 161 Å². The summed E-state index contributed by atoms with van der Waals surface area (Å²) in [5.41, 5.74) is -1.63. The summed E-state index contributed by atoms with van der Waals surface area (Å²) in [5, 5.41) is 44.0. The summed E-state index contributed by atoms with van der Waals surface area (Å²) >= 11 is 0. The summed E-state index contributed by atoms with van der Waals surface area (Å²) in [6, 6.07) is 0. The van der Waals surface area contributed by atoms with Gasteiger partial charge in [0.2, 0.25) is 5.79 Å². The predicted molar refractivity (Wildman–Crippen MR) is 199 cm³/mol. The standard InChI is InChI=1S/C42H70O11.Na/c1-11-29(38(46)47)31-15-14-23(4)36(50-31)27(8)34(44)26(7)35(45)30(12-2)37-24(5)22-25(6)41(51-37)19-16-32(43)42(53-41)21-20-39(10,52-42)33-17-18-40(48,13-3)28(9)49-33;/h16,19,23-34,36-37,43-44,48H,11-15,17-18,20-22H2,1-10H3,(H,46,47);/q;+1/t23-,24-,25+,26-,27-,28-,29+,30-,31+,32+,33+,34+,36+,37-,39-,40+,41?,42-;/m0./s1. The molecule has 0 amide bonds. The van der Waals surface area contributed by atoms with Crippen molar-refractivity contribution in [2.24, 2.45) is 41.4 Å². The van der Waals surface area contributed by atoms with E-state index < -0.39 is 76.8 Å². The zero-order valence-corrected chi connectivity index (χ0v) is 37.0. The Labute approximate surface area is 345 Å². The van der Waals surface area contributed by atoms with Crippen LogP contribution in [0, 0.1) is 41.4 Å². The number of rotatable bonds is 12. The number of aliphatic carboxylic acids is 1. The first-order valence-electron chi connectivity index (χ1n) is 20.7. The van der Waals surface area contributed by atoms with Crippen LogP contribution in [0.2, 0.25) is 0 Å². The average molecular weight is 774 g/mol. The molecule has 5 heterocycles.